The third-order valence-corrected chi connectivity index (χ3v) is 3.70. The average molecular weight is 229 g/mol. The van der Waals surface area contributed by atoms with Crippen molar-refractivity contribution < 1.29 is 0 Å². The standard InChI is InChI=1S/C14H19N3/c1-11-9-17(10-12(2)16(11)3)14-6-4-5-13(7-14)8-15/h4-7,11-12H,9-10H2,1-3H3. The van der Waals surface area contributed by atoms with Crippen LogP contribution in [0, 0.1) is 11.3 Å². The van der Waals surface area contributed by atoms with Crippen molar-refractivity contribution in [2.75, 3.05) is 25.0 Å². The van der Waals surface area contributed by atoms with E-state index in [1.807, 2.05) is 18.2 Å². The first-order valence-electron chi connectivity index (χ1n) is 6.09. The molecule has 0 spiro atoms. The first kappa shape index (κ1) is 11.9. The quantitative estimate of drug-likeness (QED) is 0.738. The normalized spacial score (nSPS) is 25.6. The van der Waals surface area contributed by atoms with Gasteiger partial charge in [-0.05, 0) is 39.1 Å². The predicted molar refractivity (Wildman–Crippen MR) is 70.1 cm³/mol. The summed E-state index contributed by atoms with van der Waals surface area (Å²) in [4.78, 5) is 4.78. The van der Waals surface area contributed by atoms with E-state index in [4.69, 9.17) is 5.26 Å². The minimum atomic E-state index is 0.546. The van der Waals surface area contributed by atoms with Crippen molar-refractivity contribution in [3.63, 3.8) is 0 Å². The molecule has 0 saturated carbocycles. The molecule has 1 heterocycles. The minimum Gasteiger partial charge on any atom is -0.368 e. The average Bonchev–Trinajstić information content (AvgIpc) is 2.35. The van der Waals surface area contributed by atoms with Crippen LogP contribution in [0.25, 0.3) is 0 Å². The van der Waals surface area contributed by atoms with Gasteiger partial charge in [-0.15, -0.1) is 0 Å². The van der Waals surface area contributed by atoms with Crippen molar-refractivity contribution in [2.24, 2.45) is 0 Å². The van der Waals surface area contributed by atoms with Crippen LogP contribution in [0.1, 0.15) is 19.4 Å². The van der Waals surface area contributed by atoms with E-state index in [1.165, 1.54) is 0 Å². The lowest BCUT2D eigenvalue weighted by atomic mass is 10.1. The topological polar surface area (TPSA) is 30.3 Å². The second-order valence-electron chi connectivity index (χ2n) is 4.93. The molecular formula is C14H19N3. The summed E-state index contributed by atoms with van der Waals surface area (Å²) < 4.78 is 0. The summed E-state index contributed by atoms with van der Waals surface area (Å²) in [5, 5.41) is 8.93. The number of piperazine rings is 1. The summed E-state index contributed by atoms with van der Waals surface area (Å²) in [5.74, 6) is 0. The second kappa shape index (κ2) is 4.77. The third-order valence-electron chi connectivity index (χ3n) is 3.70. The fourth-order valence-corrected chi connectivity index (χ4v) is 2.39. The number of likely N-dealkylation sites (N-methyl/N-ethyl adjacent to an activating group) is 1. The Hall–Kier alpha value is -1.53. The van der Waals surface area contributed by atoms with Crippen LogP contribution in [0.4, 0.5) is 5.69 Å². The van der Waals surface area contributed by atoms with Crippen LogP contribution >= 0.6 is 0 Å². The van der Waals surface area contributed by atoms with Crippen LogP contribution in [-0.2, 0) is 0 Å². The molecule has 0 aromatic heterocycles. The van der Waals surface area contributed by atoms with Gasteiger partial charge in [0.2, 0.25) is 0 Å². The van der Waals surface area contributed by atoms with Crippen LogP contribution in [0.5, 0.6) is 0 Å². The molecule has 2 rings (SSSR count). The fraction of sp³-hybridized carbons (Fsp3) is 0.500. The van der Waals surface area contributed by atoms with E-state index in [1.54, 1.807) is 0 Å². The SMILES string of the molecule is CC1CN(c2cccc(C#N)c2)CC(C)N1C. The molecule has 1 aliphatic rings. The Morgan fingerprint density at radius 1 is 1.24 bits per heavy atom. The lowest BCUT2D eigenvalue weighted by molar-refractivity contribution is 0.170. The summed E-state index contributed by atoms with van der Waals surface area (Å²) in [7, 11) is 2.18. The molecule has 0 N–H and O–H groups in total. The molecule has 2 atom stereocenters. The zero-order chi connectivity index (χ0) is 12.4. The molecule has 3 nitrogen and oxygen atoms in total. The van der Waals surface area contributed by atoms with Gasteiger partial charge >= 0.3 is 0 Å². The molecule has 0 amide bonds. The van der Waals surface area contributed by atoms with E-state index < -0.39 is 0 Å². The Bertz CT molecular complexity index is 423. The number of anilines is 1. The Morgan fingerprint density at radius 3 is 2.47 bits per heavy atom. The smallest absolute Gasteiger partial charge is 0.0992 e. The summed E-state index contributed by atoms with van der Waals surface area (Å²) in [6, 6.07) is 11.2. The van der Waals surface area contributed by atoms with Gasteiger partial charge < -0.3 is 4.90 Å². The van der Waals surface area contributed by atoms with Gasteiger partial charge in [0.25, 0.3) is 0 Å². The van der Waals surface area contributed by atoms with Gasteiger partial charge in [0.15, 0.2) is 0 Å². The third kappa shape index (κ3) is 2.42. The van der Waals surface area contributed by atoms with Crippen molar-refractivity contribution in [3.05, 3.63) is 29.8 Å². The predicted octanol–water partition coefficient (Wildman–Crippen LogP) is 2.09. The zero-order valence-corrected chi connectivity index (χ0v) is 10.7. The maximum absolute atomic E-state index is 8.93. The zero-order valence-electron chi connectivity index (χ0n) is 10.7. The first-order chi connectivity index (χ1) is 8.11. The number of nitrogens with zero attached hydrogens (tertiary/aromatic N) is 3. The Balaban J connectivity index is 2.20. The van der Waals surface area contributed by atoms with Gasteiger partial charge in [0.05, 0.1) is 11.6 Å². The summed E-state index contributed by atoms with van der Waals surface area (Å²) in [6.45, 7) is 6.54. The summed E-state index contributed by atoms with van der Waals surface area (Å²) >= 11 is 0. The van der Waals surface area contributed by atoms with Crippen LogP contribution in [-0.4, -0.2) is 37.1 Å². The lowest BCUT2D eigenvalue weighted by Gasteiger charge is -2.43. The van der Waals surface area contributed by atoms with Gasteiger partial charge in [-0.2, -0.15) is 5.26 Å². The summed E-state index contributed by atoms with van der Waals surface area (Å²) in [5.41, 5.74) is 1.90. The van der Waals surface area contributed by atoms with Crippen LogP contribution in [0.3, 0.4) is 0 Å². The van der Waals surface area contributed by atoms with Crippen molar-refractivity contribution in [3.8, 4) is 6.07 Å². The van der Waals surface area contributed by atoms with E-state index in [9.17, 15) is 0 Å². The minimum absolute atomic E-state index is 0.546. The fourth-order valence-electron chi connectivity index (χ4n) is 2.39. The number of nitriles is 1. The molecular weight excluding hydrogens is 210 g/mol. The van der Waals surface area contributed by atoms with Crippen LogP contribution in [0.15, 0.2) is 24.3 Å². The molecule has 1 aromatic rings. The second-order valence-corrected chi connectivity index (χ2v) is 4.93. The molecule has 1 aromatic carbocycles. The molecule has 0 aliphatic carbocycles. The molecule has 17 heavy (non-hydrogen) atoms. The van der Waals surface area contributed by atoms with E-state index in [0.717, 1.165) is 24.3 Å². The first-order valence-corrected chi connectivity index (χ1v) is 6.09. The summed E-state index contributed by atoms with van der Waals surface area (Å²) in [6.07, 6.45) is 0. The number of hydrogen-bond acceptors (Lipinski definition) is 3. The van der Waals surface area contributed by atoms with Crippen molar-refractivity contribution in [1.82, 2.24) is 4.90 Å². The molecule has 1 aliphatic heterocycles. The molecule has 90 valence electrons. The van der Waals surface area contributed by atoms with Crippen molar-refractivity contribution in [1.29, 1.82) is 5.26 Å². The highest BCUT2D eigenvalue weighted by atomic mass is 15.3. The van der Waals surface area contributed by atoms with E-state index in [0.29, 0.717) is 12.1 Å². The van der Waals surface area contributed by atoms with E-state index >= 15 is 0 Å². The Morgan fingerprint density at radius 2 is 1.88 bits per heavy atom. The van der Waals surface area contributed by atoms with E-state index in [2.05, 4.69) is 42.8 Å². The molecule has 3 heteroatoms. The largest absolute Gasteiger partial charge is 0.368 e. The lowest BCUT2D eigenvalue weighted by Crippen LogP contribution is -2.55. The maximum atomic E-state index is 8.93. The highest BCUT2D eigenvalue weighted by molar-refractivity contribution is 5.52. The van der Waals surface area contributed by atoms with Gasteiger partial charge in [-0.25, -0.2) is 0 Å². The highest BCUT2D eigenvalue weighted by Gasteiger charge is 2.26. The van der Waals surface area contributed by atoms with Crippen molar-refractivity contribution >= 4 is 5.69 Å². The molecule has 0 radical (unpaired) electrons. The Kier molecular flexibility index (Phi) is 3.35. The van der Waals surface area contributed by atoms with Crippen LogP contribution < -0.4 is 4.90 Å². The molecule has 1 fully saturated rings. The number of benzene rings is 1. The molecule has 2 unspecified atom stereocenters. The molecule has 0 bridgehead atoms. The monoisotopic (exact) mass is 229 g/mol. The van der Waals surface area contributed by atoms with E-state index in [-0.39, 0.29) is 0 Å². The molecule has 1 saturated heterocycles. The highest BCUT2D eigenvalue weighted by Crippen LogP contribution is 2.22. The van der Waals surface area contributed by atoms with Gasteiger partial charge in [0.1, 0.15) is 0 Å². The van der Waals surface area contributed by atoms with Crippen LogP contribution in [0.2, 0.25) is 0 Å². The number of hydrogen-bond donors (Lipinski definition) is 0. The van der Waals surface area contributed by atoms with Crippen molar-refractivity contribution in [2.45, 2.75) is 25.9 Å². The van der Waals surface area contributed by atoms with Gasteiger partial charge in [-0.3, -0.25) is 4.90 Å². The van der Waals surface area contributed by atoms with Gasteiger partial charge in [0, 0.05) is 30.9 Å². The van der Waals surface area contributed by atoms with Gasteiger partial charge in [-0.1, -0.05) is 6.07 Å². The Labute approximate surface area is 103 Å². The maximum Gasteiger partial charge on any atom is 0.0992 e. The number of rotatable bonds is 1.